The third-order valence-electron chi connectivity index (χ3n) is 3.56. The van der Waals surface area contributed by atoms with Crippen molar-refractivity contribution < 1.29 is 4.79 Å². The van der Waals surface area contributed by atoms with Crippen LogP contribution in [0.15, 0.2) is 28.7 Å². The van der Waals surface area contributed by atoms with Crippen LogP contribution in [-0.4, -0.2) is 18.0 Å². The number of nitrogens with one attached hydrogen (secondary N) is 1. The maximum atomic E-state index is 11.8. The maximum Gasteiger partial charge on any atom is 0.240 e. The Morgan fingerprint density at radius 3 is 2.37 bits per heavy atom. The van der Waals surface area contributed by atoms with E-state index in [9.17, 15) is 4.79 Å². The third-order valence-corrected chi connectivity index (χ3v) is 4.09. The molecule has 3 N–H and O–H groups in total. The number of amides is 1. The monoisotopic (exact) mass is 346 g/mol. The first kappa shape index (κ1) is 16.5. The minimum atomic E-state index is -0.588. The van der Waals surface area contributed by atoms with Crippen LogP contribution in [0, 0.1) is 0 Å². The zero-order valence-electron chi connectivity index (χ0n) is 11.2. The fourth-order valence-electron chi connectivity index (χ4n) is 1.84. The molecule has 0 unspecified atom stereocenters. The second-order valence-electron chi connectivity index (χ2n) is 5.73. The molecule has 1 fully saturated rings. The molecular weight excluding hydrogens is 328 g/mol. The molecule has 0 radical (unpaired) electrons. The highest BCUT2D eigenvalue weighted by molar-refractivity contribution is 9.10. The number of nitrogens with two attached hydrogens (primary N) is 1. The van der Waals surface area contributed by atoms with Crippen molar-refractivity contribution in [3.8, 4) is 0 Å². The molecular formula is C14H20BrClN2O. The number of carbonyl (C=O) groups excluding carboxylic acids is 1. The Kier molecular flexibility index (Phi) is 5.04. The molecule has 0 bridgehead atoms. The van der Waals surface area contributed by atoms with Gasteiger partial charge in [-0.1, -0.05) is 41.9 Å². The van der Waals surface area contributed by atoms with Gasteiger partial charge < -0.3 is 11.1 Å². The molecule has 0 atom stereocenters. The van der Waals surface area contributed by atoms with E-state index in [-0.39, 0.29) is 23.7 Å². The van der Waals surface area contributed by atoms with Gasteiger partial charge in [-0.25, -0.2) is 0 Å². The third kappa shape index (κ3) is 3.94. The van der Waals surface area contributed by atoms with E-state index in [0.29, 0.717) is 6.54 Å². The SMILES string of the molecule is CC(C)(CNC(=O)C1(N)CC1)c1ccc(Br)cc1.Cl. The normalized spacial score (nSPS) is 16.4. The van der Waals surface area contributed by atoms with Crippen molar-refractivity contribution in [2.24, 2.45) is 5.73 Å². The Hall–Kier alpha value is -0.580. The van der Waals surface area contributed by atoms with Crippen LogP contribution in [0.1, 0.15) is 32.3 Å². The van der Waals surface area contributed by atoms with Gasteiger partial charge in [0.15, 0.2) is 0 Å². The van der Waals surface area contributed by atoms with Crippen LogP contribution in [0.5, 0.6) is 0 Å². The lowest BCUT2D eigenvalue weighted by atomic mass is 9.84. The number of rotatable bonds is 4. The largest absolute Gasteiger partial charge is 0.354 e. The van der Waals surface area contributed by atoms with E-state index in [0.717, 1.165) is 17.3 Å². The first-order valence-corrected chi connectivity index (χ1v) is 6.96. The lowest BCUT2D eigenvalue weighted by Gasteiger charge is -2.26. The summed E-state index contributed by atoms with van der Waals surface area (Å²) < 4.78 is 1.06. The average molecular weight is 348 g/mol. The van der Waals surface area contributed by atoms with E-state index >= 15 is 0 Å². The molecule has 1 amide bonds. The van der Waals surface area contributed by atoms with Gasteiger partial charge in [0, 0.05) is 16.4 Å². The molecule has 1 saturated carbocycles. The smallest absolute Gasteiger partial charge is 0.240 e. The fourth-order valence-corrected chi connectivity index (χ4v) is 2.11. The van der Waals surface area contributed by atoms with Gasteiger partial charge in [0.1, 0.15) is 0 Å². The first-order valence-electron chi connectivity index (χ1n) is 6.17. The van der Waals surface area contributed by atoms with Gasteiger partial charge in [-0.3, -0.25) is 4.79 Å². The molecule has 106 valence electrons. The summed E-state index contributed by atoms with van der Waals surface area (Å²) in [6.45, 7) is 4.84. The Balaban J connectivity index is 0.00000180. The Bertz CT molecular complexity index is 455. The first-order chi connectivity index (χ1) is 8.33. The zero-order valence-corrected chi connectivity index (χ0v) is 13.6. The van der Waals surface area contributed by atoms with E-state index in [4.69, 9.17) is 5.73 Å². The van der Waals surface area contributed by atoms with E-state index < -0.39 is 5.54 Å². The van der Waals surface area contributed by atoms with Crippen LogP contribution in [0.3, 0.4) is 0 Å². The van der Waals surface area contributed by atoms with Crippen molar-refractivity contribution in [3.63, 3.8) is 0 Å². The van der Waals surface area contributed by atoms with Gasteiger partial charge in [0.25, 0.3) is 0 Å². The minimum absolute atomic E-state index is 0. The second kappa shape index (κ2) is 5.81. The fraction of sp³-hybridized carbons (Fsp3) is 0.500. The summed E-state index contributed by atoms with van der Waals surface area (Å²) in [6.07, 6.45) is 1.61. The van der Waals surface area contributed by atoms with Crippen molar-refractivity contribution in [3.05, 3.63) is 34.3 Å². The van der Waals surface area contributed by atoms with Crippen molar-refractivity contribution in [1.82, 2.24) is 5.32 Å². The van der Waals surface area contributed by atoms with Crippen LogP contribution in [0.25, 0.3) is 0 Å². The van der Waals surface area contributed by atoms with Gasteiger partial charge in [-0.15, -0.1) is 12.4 Å². The second-order valence-corrected chi connectivity index (χ2v) is 6.65. The van der Waals surface area contributed by atoms with Gasteiger partial charge in [-0.05, 0) is 30.5 Å². The van der Waals surface area contributed by atoms with Crippen LogP contribution in [0.2, 0.25) is 0 Å². The molecule has 0 saturated heterocycles. The number of benzene rings is 1. The number of carbonyl (C=O) groups is 1. The lowest BCUT2D eigenvalue weighted by molar-refractivity contribution is -0.123. The highest BCUT2D eigenvalue weighted by atomic mass is 79.9. The van der Waals surface area contributed by atoms with E-state index in [2.05, 4.69) is 47.2 Å². The van der Waals surface area contributed by atoms with Gasteiger partial charge in [-0.2, -0.15) is 0 Å². The molecule has 1 aromatic carbocycles. The summed E-state index contributed by atoms with van der Waals surface area (Å²) in [5, 5.41) is 2.96. The summed E-state index contributed by atoms with van der Waals surface area (Å²) in [6, 6.07) is 8.19. The van der Waals surface area contributed by atoms with Gasteiger partial charge >= 0.3 is 0 Å². The molecule has 5 heteroatoms. The predicted molar refractivity (Wildman–Crippen MR) is 83.6 cm³/mol. The van der Waals surface area contributed by atoms with E-state index in [1.807, 2.05) is 12.1 Å². The molecule has 2 rings (SSSR count). The van der Waals surface area contributed by atoms with Crippen molar-refractivity contribution in [1.29, 1.82) is 0 Å². The Morgan fingerprint density at radius 2 is 1.89 bits per heavy atom. The minimum Gasteiger partial charge on any atom is -0.354 e. The van der Waals surface area contributed by atoms with Gasteiger partial charge in [0.05, 0.1) is 5.54 Å². The van der Waals surface area contributed by atoms with Crippen molar-refractivity contribution in [2.75, 3.05) is 6.54 Å². The van der Waals surface area contributed by atoms with E-state index in [1.165, 1.54) is 5.56 Å². The predicted octanol–water partition coefficient (Wildman–Crippen LogP) is 2.76. The lowest BCUT2D eigenvalue weighted by Crippen LogP contribution is -2.46. The number of halogens is 2. The summed E-state index contributed by atoms with van der Waals surface area (Å²) in [4.78, 5) is 11.8. The molecule has 0 aromatic heterocycles. The van der Waals surface area contributed by atoms with Gasteiger partial charge in [0.2, 0.25) is 5.91 Å². The molecule has 1 aromatic rings. The highest BCUT2D eigenvalue weighted by Gasteiger charge is 2.46. The highest BCUT2D eigenvalue weighted by Crippen LogP contribution is 2.32. The number of hydrogen-bond donors (Lipinski definition) is 2. The number of hydrogen-bond acceptors (Lipinski definition) is 2. The van der Waals surface area contributed by atoms with Crippen LogP contribution in [-0.2, 0) is 10.2 Å². The average Bonchev–Trinajstić information content (AvgIpc) is 3.06. The molecule has 0 aliphatic heterocycles. The summed E-state index contributed by atoms with van der Waals surface area (Å²) in [5.74, 6) is -0.0207. The summed E-state index contributed by atoms with van der Waals surface area (Å²) in [7, 11) is 0. The zero-order chi connectivity index (χ0) is 13.4. The van der Waals surface area contributed by atoms with Crippen molar-refractivity contribution >= 4 is 34.2 Å². The molecule has 1 aliphatic carbocycles. The maximum absolute atomic E-state index is 11.8. The van der Waals surface area contributed by atoms with Crippen LogP contribution in [0.4, 0.5) is 0 Å². The van der Waals surface area contributed by atoms with E-state index in [1.54, 1.807) is 0 Å². The quantitative estimate of drug-likeness (QED) is 0.880. The summed E-state index contributed by atoms with van der Waals surface area (Å²) >= 11 is 3.42. The summed E-state index contributed by atoms with van der Waals surface area (Å²) in [5.41, 5.74) is 6.38. The molecule has 1 aliphatic rings. The van der Waals surface area contributed by atoms with Crippen molar-refractivity contribution in [2.45, 2.75) is 37.6 Å². The van der Waals surface area contributed by atoms with Crippen LogP contribution >= 0.6 is 28.3 Å². The Morgan fingerprint density at radius 1 is 1.37 bits per heavy atom. The molecule has 0 heterocycles. The standard InChI is InChI=1S/C14H19BrN2O.ClH/c1-13(2,10-3-5-11(15)6-4-10)9-17-12(18)14(16)7-8-14;/h3-6H,7-9,16H2,1-2H3,(H,17,18);1H. The molecule has 0 spiro atoms. The topological polar surface area (TPSA) is 55.1 Å². The molecule has 19 heavy (non-hydrogen) atoms. The Labute approximate surface area is 128 Å². The van der Waals surface area contributed by atoms with Crippen LogP contribution < -0.4 is 11.1 Å². The molecule has 3 nitrogen and oxygen atoms in total.